The number of hydrogen-bond acceptors (Lipinski definition) is 5. The summed E-state index contributed by atoms with van der Waals surface area (Å²) in [6, 6.07) is 6.40. The summed E-state index contributed by atoms with van der Waals surface area (Å²) in [5.74, 6) is 0.645. The van der Waals surface area contributed by atoms with Gasteiger partial charge in [-0.25, -0.2) is 4.98 Å². The first-order chi connectivity index (χ1) is 12.9. The predicted octanol–water partition coefficient (Wildman–Crippen LogP) is 2.59. The Balaban J connectivity index is 1.97. The van der Waals surface area contributed by atoms with E-state index in [0.29, 0.717) is 11.3 Å². The van der Waals surface area contributed by atoms with Crippen LogP contribution in [0.15, 0.2) is 47.5 Å². The van der Waals surface area contributed by atoms with E-state index in [-0.39, 0.29) is 23.5 Å². The molecule has 0 unspecified atom stereocenters. The van der Waals surface area contributed by atoms with Crippen LogP contribution in [-0.4, -0.2) is 31.3 Å². The summed E-state index contributed by atoms with van der Waals surface area (Å²) in [6.07, 6.45) is -2.02. The molecular formula is C17H12F3N5O2. The molecule has 0 spiro atoms. The highest BCUT2D eigenvalue weighted by Gasteiger charge is 2.34. The van der Waals surface area contributed by atoms with Crippen LogP contribution in [0.25, 0.3) is 22.4 Å². The molecule has 1 aromatic carbocycles. The third kappa shape index (κ3) is 2.83. The molecule has 138 valence electrons. The summed E-state index contributed by atoms with van der Waals surface area (Å²) >= 11 is 0. The van der Waals surface area contributed by atoms with Gasteiger partial charge in [-0.3, -0.25) is 9.36 Å². The van der Waals surface area contributed by atoms with Crippen molar-refractivity contribution in [3.05, 3.63) is 64.5 Å². The zero-order valence-corrected chi connectivity index (χ0v) is 13.9. The van der Waals surface area contributed by atoms with Crippen LogP contribution in [0.5, 0.6) is 0 Å². The van der Waals surface area contributed by atoms with Crippen molar-refractivity contribution in [2.24, 2.45) is 0 Å². The largest absolute Gasteiger partial charge is 0.418 e. The standard InChI is InChI=1S/C17H12F3N5O2/c1-27-9-14-22-16-21-8-10-12(25(16)23-14)6-7-24(15(10)26)13-5-3-2-4-11(13)17(18,19)20/h2-8H,9H2,1H3. The molecule has 0 aliphatic heterocycles. The monoisotopic (exact) mass is 375 g/mol. The molecule has 4 rings (SSSR count). The lowest BCUT2D eigenvalue weighted by Gasteiger charge is -2.14. The maximum atomic E-state index is 13.3. The number of ether oxygens (including phenoxy) is 1. The quantitative estimate of drug-likeness (QED) is 0.550. The Hall–Kier alpha value is -3.27. The summed E-state index contributed by atoms with van der Waals surface area (Å²) < 4.78 is 47.2. The van der Waals surface area contributed by atoms with E-state index in [1.165, 1.54) is 48.3 Å². The second-order valence-corrected chi connectivity index (χ2v) is 5.74. The Bertz CT molecular complexity index is 1210. The number of nitrogens with zero attached hydrogens (tertiary/aromatic N) is 5. The molecule has 3 heterocycles. The van der Waals surface area contributed by atoms with Gasteiger partial charge in [0.25, 0.3) is 11.3 Å². The highest BCUT2D eigenvalue weighted by molar-refractivity contribution is 5.79. The fourth-order valence-electron chi connectivity index (χ4n) is 2.86. The summed E-state index contributed by atoms with van der Waals surface area (Å²) in [5, 5.41) is 4.34. The number of hydrogen-bond donors (Lipinski definition) is 0. The number of pyridine rings is 1. The van der Waals surface area contributed by atoms with Gasteiger partial charge in [-0.15, -0.1) is 5.10 Å². The van der Waals surface area contributed by atoms with Gasteiger partial charge in [-0.2, -0.15) is 22.7 Å². The van der Waals surface area contributed by atoms with Crippen molar-refractivity contribution in [1.82, 2.24) is 24.1 Å². The molecule has 0 atom stereocenters. The SMILES string of the molecule is COCc1nc2ncc3c(=O)n(-c4ccccc4C(F)(F)F)ccc3n2n1. The summed E-state index contributed by atoms with van der Waals surface area (Å²) in [6.45, 7) is 0.168. The molecule has 10 heteroatoms. The van der Waals surface area contributed by atoms with E-state index >= 15 is 0 Å². The molecule has 0 saturated carbocycles. The van der Waals surface area contributed by atoms with Crippen LogP contribution in [0.3, 0.4) is 0 Å². The Kier molecular flexibility index (Phi) is 3.92. The minimum atomic E-state index is -4.59. The van der Waals surface area contributed by atoms with Gasteiger partial charge in [0.05, 0.1) is 22.2 Å². The first kappa shape index (κ1) is 17.2. The second kappa shape index (κ2) is 6.16. The third-order valence-electron chi connectivity index (χ3n) is 4.02. The van der Waals surface area contributed by atoms with Crippen LogP contribution in [0.2, 0.25) is 0 Å². The summed E-state index contributed by atoms with van der Waals surface area (Å²) in [4.78, 5) is 21.1. The molecule has 0 N–H and O–H groups in total. The van der Waals surface area contributed by atoms with E-state index < -0.39 is 17.3 Å². The van der Waals surface area contributed by atoms with Crippen molar-refractivity contribution >= 4 is 16.7 Å². The van der Waals surface area contributed by atoms with Crippen LogP contribution in [0, 0.1) is 0 Å². The average molecular weight is 375 g/mol. The van der Waals surface area contributed by atoms with Crippen LogP contribution in [-0.2, 0) is 17.5 Å². The second-order valence-electron chi connectivity index (χ2n) is 5.74. The molecule has 27 heavy (non-hydrogen) atoms. The first-order valence-electron chi connectivity index (χ1n) is 7.81. The molecule has 0 aliphatic carbocycles. The van der Waals surface area contributed by atoms with Crippen molar-refractivity contribution < 1.29 is 17.9 Å². The van der Waals surface area contributed by atoms with Gasteiger partial charge in [-0.05, 0) is 18.2 Å². The van der Waals surface area contributed by atoms with Gasteiger partial charge in [0, 0.05) is 19.5 Å². The predicted molar refractivity (Wildman–Crippen MR) is 89.6 cm³/mol. The van der Waals surface area contributed by atoms with Gasteiger partial charge in [0.15, 0.2) is 5.82 Å². The van der Waals surface area contributed by atoms with E-state index in [0.717, 1.165) is 10.6 Å². The number of halogens is 3. The topological polar surface area (TPSA) is 74.3 Å². The number of alkyl halides is 3. The highest BCUT2D eigenvalue weighted by Crippen LogP contribution is 2.33. The highest BCUT2D eigenvalue weighted by atomic mass is 19.4. The number of fused-ring (bicyclic) bond motifs is 3. The Morgan fingerprint density at radius 1 is 1.19 bits per heavy atom. The molecule has 0 saturated heterocycles. The van der Waals surface area contributed by atoms with Crippen LogP contribution < -0.4 is 5.56 Å². The maximum Gasteiger partial charge on any atom is 0.418 e. The molecule has 3 aromatic heterocycles. The Morgan fingerprint density at radius 3 is 2.70 bits per heavy atom. The first-order valence-corrected chi connectivity index (χ1v) is 7.81. The normalized spacial score (nSPS) is 12.1. The smallest absolute Gasteiger partial charge is 0.377 e. The van der Waals surface area contributed by atoms with Crippen LogP contribution in [0.4, 0.5) is 13.2 Å². The van der Waals surface area contributed by atoms with Crippen molar-refractivity contribution in [1.29, 1.82) is 0 Å². The zero-order valence-electron chi connectivity index (χ0n) is 13.9. The van der Waals surface area contributed by atoms with Crippen molar-refractivity contribution in [3.8, 4) is 5.69 Å². The van der Waals surface area contributed by atoms with Crippen molar-refractivity contribution in [2.45, 2.75) is 12.8 Å². The van der Waals surface area contributed by atoms with Crippen LogP contribution >= 0.6 is 0 Å². The van der Waals surface area contributed by atoms with Crippen LogP contribution in [0.1, 0.15) is 11.4 Å². The Labute approximate surface area is 149 Å². The minimum Gasteiger partial charge on any atom is -0.377 e. The van der Waals surface area contributed by atoms with Gasteiger partial charge in [0.2, 0.25) is 0 Å². The fraction of sp³-hybridized carbons (Fsp3) is 0.176. The molecule has 0 amide bonds. The molecule has 0 radical (unpaired) electrons. The molecule has 4 aromatic rings. The molecule has 0 fully saturated rings. The number of benzene rings is 1. The van der Waals surface area contributed by atoms with Gasteiger partial charge in [-0.1, -0.05) is 12.1 Å². The summed E-state index contributed by atoms with van der Waals surface area (Å²) in [7, 11) is 1.49. The number of rotatable bonds is 3. The molecule has 7 nitrogen and oxygen atoms in total. The lowest BCUT2D eigenvalue weighted by Crippen LogP contribution is -2.22. The average Bonchev–Trinajstić information content (AvgIpc) is 3.05. The lowest BCUT2D eigenvalue weighted by molar-refractivity contribution is -0.137. The molecule has 0 bridgehead atoms. The van der Waals surface area contributed by atoms with Gasteiger partial charge in [0.1, 0.15) is 6.61 Å². The lowest BCUT2D eigenvalue weighted by atomic mass is 10.1. The fourth-order valence-corrected chi connectivity index (χ4v) is 2.86. The van der Waals surface area contributed by atoms with E-state index in [9.17, 15) is 18.0 Å². The third-order valence-corrected chi connectivity index (χ3v) is 4.02. The van der Waals surface area contributed by atoms with E-state index in [1.54, 1.807) is 0 Å². The van der Waals surface area contributed by atoms with Gasteiger partial charge < -0.3 is 4.74 Å². The van der Waals surface area contributed by atoms with E-state index in [4.69, 9.17) is 4.74 Å². The zero-order chi connectivity index (χ0) is 19.2. The number of aromatic nitrogens is 5. The van der Waals surface area contributed by atoms with Gasteiger partial charge >= 0.3 is 6.18 Å². The van der Waals surface area contributed by atoms with Crippen molar-refractivity contribution in [2.75, 3.05) is 7.11 Å². The summed E-state index contributed by atoms with van der Waals surface area (Å²) in [5.41, 5.74) is -1.40. The maximum absolute atomic E-state index is 13.3. The van der Waals surface area contributed by atoms with E-state index in [1.807, 2.05) is 0 Å². The van der Waals surface area contributed by atoms with Crippen molar-refractivity contribution in [3.63, 3.8) is 0 Å². The molecular weight excluding hydrogens is 363 g/mol. The molecule has 0 aliphatic rings. The number of methoxy groups -OCH3 is 1. The Morgan fingerprint density at radius 2 is 1.96 bits per heavy atom. The van der Waals surface area contributed by atoms with E-state index in [2.05, 4.69) is 15.1 Å². The number of para-hydroxylation sites is 1. The minimum absolute atomic E-state index is 0.121.